The number of carbonyl (C=O) groups excluding carboxylic acids is 1. The van der Waals surface area contributed by atoms with Crippen molar-refractivity contribution in [3.63, 3.8) is 0 Å². The summed E-state index contributed by atoms with van der Waals surface area (Å²) in [4.78, 5) is 23.9. The molecule has 5 aliphatic heterocycles. The maximum atomic E-state index is 14.0. The van der Waals surface area contributed by atoms with Gasteiger partial charge in [0, 0.05) is 71.3 Å². The lowest BCUT2D eigenvalue weighted by molar-refractivity contribution is -0.297. The molecule has 0 radical (unpaired) electrons. The van der Waals surface area contributed by atoms with Crippen molar-refractivity contribution in [3.8, 4) is 11.5 Å². The number of oxazole rings is 2. The summed E-state index contributed by atoms with van der Waals surface area (Å²) in [5.41, 5.74) is 7.23. The molecule has 528 valence electrons. The van der Waals surface area contributed by atoms with Crippen molar-refractivity contribution in [3.05, 3.63) is 156 Å². The van der Waals surface area contributed by atoms with Gasteiger partial charge in [-0.2, -0.15) is 0 Å². The van der Waals surface area contributed by atoms with Gasteiger partial charge in [-0.1, -0.05) is 184 Å². The number of hydrogen-bond acceptors (Lipinski definition) is 15. The molecule has 4 saturated heterocycles. The van der Waals surface area contributed by atoms with E-state index in [1.165, 1.54) is 0 Å². The minimum Gasteiger partial charge on any atom is -0.458 e. The minimum absolute atomic E-state index is 0.0114. The zero-order valence-corrected chi connectivity index (χ0v) is 64.3. The molecular weight excluding hydrogens is 1270 g/mol. The van der Waals surface area contributed by atoms with Gasteiger partial charge in [0.2, 0.25) is 5.89 Å². The highest BCUT2D eigenvalue weighted by molar-refractivity contribution is 6.99. The van der Waals surface area contributed by atoms with E-state index in [0.717, 1.165) is 45.6 Å². The van der Waals surface area contributed by atoms with Crippen molar-refractivity contribution < 1.29 is 60.4 Å². The first kappa shape index (κ1) is 75.8. The monoisotopic (exact) mass is 1380 g/mol. The Bertz CT molecular complexity index is 3430. The van der Waals surface area contributed by atoms with E-state index in [9.17, 15) is 4.79 Å². The van der Waals surface area contributed by atoms with Crippen LogP contribution in [0.4, 0.5) is 0 Å². The van der Waals surface area contributed by atoms with Gasteiger partial charge in [0.05, 0.1) is 73.7 Å². The third-order valence-electron chi connectivity index (χ3n) is 20.5. The molecule has 18 heteroatoms. The number of ether oxygens (including phenoxy) is 8. The Morgan fingerprint density at radius 1 is 0.814 bits per heavy atom. The van der Waals surface area contributed by atoms with Crippen LogP contribution in [0, 0.1) is 23.3 Å². The number of esters is 1. The molecule has 7 heterocycles. The smallest absolute Gasteiger partial charge is 0.330 e. The van der Waals surface area contributed by atoms with Gasteiger partial charge in [0.25, 0.3) is 8.32 Å². The van der Waals surface area contributed by atoms with Crippen molar-refractivity contribution in [2.45, 2.75) is 262 Å². The fourth-order valence-corrected chi connectivity index (χ4v) is 21.1. The lowest BCUT2D eigenvalue weighted by Crippen LogP contribution is -2.69. The Balaban J connectivity index is 0.990. The molecule has 0 N–H and O–H groups in total. The molecule has 0 spiro atoms. The molecule has 0 unspecified atom stereocenters. The van der Waals surface area contributed by atoms with E-state index in [1.54, 1.807) is 39.9 Å². The van der Waals surface area contributed by atoms with E-state index in [0.29, 0.717) is 68.9 Å². The zero-order chi connectivity index (χ0) is 70.1. The number of carbonyl (C=O) groups is 1. The molecule has 2 aromatic carbocycles. The second-order valence-electron chi connectivity index (χ2n) is 31.4. The summed E-state index contributed by atoms with van der Waals surface area (Å²) in [6.07, 6.45) is 21.9. The Hall–Kier alpha value is -5.38. The zero-order valence-electron chi connectivity index (χ0n) is 61.3. The average molecular weight is 1380 g/mol. The number of nitrogens with zero attached hydrogens (tertiary/aromatic N) is 2. The number of hydrogen-bond donors (Lipinski definition) is 0. The summed E-state index contributed by atoms with van der Waals surface area (Å²) in [6, 6.07) is 21.4. The van der Waals surface area contributed by atoms with Gasteiger partial charge < -0.3 is 55.6 Å². The van der Waals surface area contributed by atoms with Gasteiger partial charge in [-0.3, -0.25) is 0 Å². The maximum Gasteiger partial charge on any atom is 0.330 e. The third kappa shape index (κ3) is 19.6. The van der Waals surface area contributed by atoms with Crippen molar-refractivity contribution in [2.75, 3.05) is 21.3 Å². The normalized spacial score (nSPS) is 29.8. The molecule has 4 aromatic rings. The van der Waals surface area contributed by atoms with Crippen LogP contribution in [-0.2, 0) is 58.0 Å². The van der Waals surface area contributed by atoms with Crippen LogP contribution in [0.15, 0.2) is 142 Å². The van der Waals surface area contributed by atoms with Crippen molar-refractivity contribution in [2.24, 2.45) is 11.8 Å². The highest BCUT2D eigenvalue weighted by Crippen LogP contribution is 2.45. The predicted molar refractivity (Wildman–Crippen MR) is 392 cm³/mol. The Morgan fingerprint density at radius 2 is 1.51 bits per heavy atom. The van der Waals surface area contributed by atoms with Gasteiger partial charge >= 0.3 is 5.97 Å². The highest BCUT2D eigenvalue weighted by Gasteiger charge is 2.55. The fraction of sp³-hybridized carbons (Fsp3) is 0.582. The van der Waals surface area contributed by atoms with Crippen LogP contribution in [0.2, 0.25) is 42.8 Å². The van der Waals surface area contributed by atoms with Crippen LogP contribution >= 0.6 is 0 Å². The first-order valence-electron chi connectivity index (χ1n) is 35.3. The van der Waals surface area contributed by atoms with Crippen molar-refractivity contribution >= 4 is 53.2 Å². The molecule has 9 rings (SSSR count). The quantitative estimate of drug-likeness (QED) is 0.0304. The number of benzene rings is 2. The van der Waals surface area contributed by atoms with E-state index >= 15 is 0 Å². The topological polar surface area (TPSA) is 161 Å². The molecule has 2 aromatic heterocycles. The molecule has 97 heavy (non-hydrogen) atoms. The van der Waals surface area contributed by atoms with Crippen LogP contribution in [-0.4, -0.2) is 135 Å². The second kappa shape index (κ2) is 32.5. The summed E-state index contributed by atoms with van der Waals surface area (Å²) < 4.78 is 81.4. The van der Waals surface area contributed by atoms with Crippen LogP contribution in [0.1, 0.15) is 163 Å². The van der Waals surface area contributed by atoms with Crippen LogP contribution in [0.25, 0.3) is 12.2 Å². The van der Waals surface area contributed by atoms with E-state index in [2.05, 4.69) is 192 Å². The van der Waals surface area contributed by atoms with Gasteiger partial charge in [-0.05, 0) is 97.2 Å². The summed E-state index contributed by atoms with van der Waals surface area (Å²) in [7, 11) is -1.72. The number of methoxy groups -OCH3 is 3. The summed E-state index contributed by atoms with van der Waals surface area (Å²) >= 11 is 0. The molecule has 15 atom stereocenters. The minimum atomic E-state index is -3.18. The van der Waals surface area contributed by atoms with Gasteiger partial charge in [0.1, 0.15) is 38.0 Å². The molecule has 0 amide bonds. The molecular formula is C79H112N2O13Si3. The second-order valence-corrected chi connectivity index (χ2v) is 45.2. The van der Waals surface area contributed by atoms with E-state index in [1.807, 2.05) is 31.2 Å². The van der Waals surface area contributed by atoms with Gasteiger partial charge in [0.15, 0.2) is 20.0 Å². The van der Waals surface area contributed by atoms with Gasteiger partial charge in [-0.25, -0.2) is 14.8 Å². The standard InChI is InChI=1S/C79H112N2O13Si3/c1-53(38-39-58(83-12)30-28-40-95(15,16)17)43-71(94-97(78(9,10)11,65-31-22-20-23-32-65)66-33-24-21-25-34-66)70-48-63(84-13)49-79(85-14,92-70)50-73-80-51-64(89-73)44-55(3)75-57(5)76-56(4)68(90-75)35-27-36-72-81-67(52-86-72)69-47-62(93-96(18,19)77(6,7)8)46-61(88-69)45-60-42-54(2)41-59(87-60)29-26-37-74(82)91-76/h20-27,31-34,36-39,43-44,51-52,56-63,68-71,75-76H,2,29-30,35,41-42,45-50H2,1,3-19H3/b36-27-,37-26-,39-38+,53-43+,55-44+/t56-,57-,58-,59-,60+,61+,62+,63+,68+,69+,70+,71+,75-,76-,79-/m0/s1. The molecule has 4 fully saturated rings. The maximum absolute atomic E-state index is 14.0. The lowest BCUT2D eigenvalue weighted by atomic mass is 9.79. The first-order valence-corrected chi connectivity index (χ1v) is 43.6. The number of fused-ring (bicyclic) bond motifs is 9. The number of rotatable bonds is 18. The Morgan fingerprint density at radius 3 is 2.15 bits per heavy atom. The molecule has 5 aliphatic rings. The fourth-order valence-electron chi connectivity index (χ4n) is 14.4. The average Bonchev–Trinajstić information content (AvgIpc) is 0.801. The molecule has 8 bridgehead atoms. The SMILES string of the molecule is C=C1C[C@@H]2C[C@@H]3C[C@@H](O[Si](C)(C)C(C)(C)C)C[C@@H](O3)c3coc(n3)/C=C\C[C@H]3O[C@@H](/C(C)=C/c4cnc(C[C@]5(OC)C[C@H](OC)C[C@H]([C@@H](/C=C(C)/C=C/[C@H](CC#C[Si](C)(C)C)OC)O[Si](c6ccccc6)(c6ccccc6)C(C)(C)C)O5)o4)[C@H](C)[C@@H](OC(=O)/C=C\C[C@@H](C1)O2)[C@H]3C. The van der Waals surface area contributed by atoms with Crippen molar-refractivity contribution in [1.82, 2.24) is 9.97 Å². The summed E-state index contributed by atoms with van der Waals surface area (Å²) in [5, 5.41) is 2.01. The predicted octanol–water partition coefficient (Wildman–Crippen LogP) is 16.0. The highest BCUT2D eigenvalue weighted by atomic mass is 28.4. The Labute approximate surface area is 582 Å². The summed E-state index contributed by atoms with van der Waals surface area (Å²) in [6.45, 7) is 37.8. The third-order valence-corrected chi connectivity index (χ3v) is 31.0. The molecule has 15 nitrogen and oxygen atoms in total. The molecule has 0 saturated carbocycles. The first-order chi connectivity index (χ1) is 45.9. The van der Waals surface area contributed by atoms with E-state index in [-0.39, 0.29) is 77.2 Å². The van der Waals surface area contributed by atoms with Crippen LogP contribution in [0.5, 0.6) is 0 Å². The van der Waals surface area contributed by atoms with E-state index in [4.69, 9.17) is 65.5 Å². The summed E-state index contributed by atoms with van der Waals surface area (Å²) in [5.74, 6) is 2.76. The van der Waals surface area contributed by atoms with E-state index < -0.39 is 60.9 Å². The lowest BCUT2D eigenvalue weighted by Gasteiger charge is -2.49. The van der Waals surface area contributed by atoms with Crippen molar-refractivity contribution in [1.29, 1.82) is 0 Å². The number of allylic oxidation sites excluding steroid dienone is 2. The van der Waals surface area contributed by atoms with Gasteiger partial charge in [-0.15, -0.1) is 11.5 Å². The molecule has 0 aliphatic carbocycles. The van der Waals surface area contributed by atoms with Crippen LogP contribution in [0.3, 0.4) is 0 Å². The van der Waals surface area contributed by atoms with Crippen LogP contribution < -0.4 is 10.4 Å². The largest absolute Gasteiger partial charge is 0.458 e. The number of aromatic nitrogens is 2. The Kier molecular flexibility index (Phi) is 25.4.